The molecule has 2 aromatic carbocycles. The second kappa shape index (κ2) is 6.16. The number of carbonyl (C=O) groups is 1. The SMILES string of the molecule is CCc1cccc(NC(=O)c2cccc(CN)c2)c1. The van der Waals surface area contributed by atoms with Gasteiger partial charge in [0, 0.05) is 17.8 Å². The molecule has 0 spiro atoms. The predicted octanol–water partition coefficient (Wildman–Crippen LogP) is 2.96. The van der Waals surface area contributed by atoms with Crippen LogP contribution in [0.3, 0.4) is 0 Å². The quantitative estimate of drug-likeness (QED) is 0.881. The third-order valence-electron chi connectivity index (χ3n) is 3.02. The number of carbonyl (C=O) groups excluding carboxylic acids is 1. The Kier molecular flexibility index (Phi) is 4.31. The molecule has 3 N–H and O–H groups in total. The van der Waals surface area contributed by atoms with E-state index in [9.17, 15) is 4.79 Å². The summed E-state index contributed by atoms with van der Waals surface area (Å²) in [6.07, 6.45) is 0.951. The summed E-state index contributed by atoms with van der Waals surface area (Å²) in [6.45, 7) is 2.53. The van der Waals surface area contributed by atoms with Crippen molar-refractivity contribution in [3.8, 4) is 0 Å². The van der Waals surface area contributed by atoms with Crippen molar-refractivity contribution in [3.05, 3.63) is 65.2 Å². The van der Waals surface area contributed by atoms with Gasteiger partial charge in [-0.2, -0.15) is 0 Å². The highest BCUT2D eigenvalue weighted by atomic mass is 16.1. The van der Waals surface area contributed by atoms with Gasteiger partial charge in [-0.25, -0.2) is 0 Å². The zero-order chi connectivity index (χ0) is 13.7. The Morgan fingerprint density at radius 3 is 2.58 bits per heavy atom. The van der Waals surface area contributed by atoms with E-state index in [1.54, 1.807) is 6.07 Å². The van der Waals surface area contributed by atoms with Crippen molar-refractivity contribution in [1.29, 1.82) is 0 Å². The third kappa shape index (κ3) is 3.42. The highest BCUT2D eigenvalue weighted by molar-refractivity contribution is 6.04. The van der Waals surface area contributed by atoms with Crippen LogP contribution in [-0.4, -0.2) is 5.91 Å². The number of aryl methyl sites for hydroxylation is 1. The molecule has 0 aliphatic rings. The summed E-state index contributed by atoms with van der Waals surface area (Å²) in [5.74, 6) is -0.108. The first-order valence-corrected chi connectivity index (χ1v) is 6.42. The lowest BCUT2D eigenvalue weighted by Crippen LogP contribution is -2.12. The molecule has 2 rings (SSSR count). The van der Waals surface area contributed by atoms with E-state index in [1.165, 1.54) is 5.56 Å². The Morgan fingerprint density at radius 2 is 1.84 bits per heavy atom. The van der Waals surface area contributed by atoms with Crippen molar-refractivity contribution in [1.82, 2.24) is 0 Å². The molecule has 98 valence electrons. The summed E-state index contributed by atoms with van der Waals surface area (Å²) in [4.78, 5) is 12.1. The fourth-order valence-electron chi connectivity index (χ4n) is 1.91. The number of hydrogen-bond donors (Lipinski definition) is 2. The van der Waals surface area contributed by atoms with E-state index >= 15 is 0 Å². The molecule has 0 aliphatic heterocycles. The normalized spacial score (nSPS) is 10.2. The molecule has 0 radical (unpaired) electrons. The fourth-order valence-corrected chi connectivity index (χ4v) is 1.91. The van der Waals surface area contributed by atoms with Gasteiger partial charge in [-0.3, -0.25) is 4.79 Å². The largest absolute Gasteiger partial charge is 0.326 e. The minimum Gasteiger partial charge on any atom is -0.326 e. The number of anilines is 1. The van der Waals surface area contributed by atoms with Crippen LogP contribution in [0, 0.1) is 0 Å². The Balaban J connectivity index is 2.15. The molecule has 1 amide bonds. The van der Waals surface area contributed by atoms with Crippen LogP contribution in [0.25, 0.3) is 0 Å². The molecule has 0 bridgehead atoms. The molecule has 0 saturated carbocycles. The molecule has 0 saturated heterocycles. The van der Waals surface area contributed by atoms with Crippen molar-refractivity contribution in [2.24, 2.45) is 5.73 Å². The average Bonchev–Trinajstić information content (AvgIpc) is 2.47. The van der Waals surface area contributed by atoms with Crippen LogP contribution in [0.4, 0.5) is 5.69 Å². The van der Waals surface area contributed by atoms with Crippen LogP contribution < -0.4 is 11.1 Å². The van der Waals surface area contributed by atoms with E-state index in [1.807, 2.05) is 42.5 Å². The summed E-state index contributed by atoms with van der Waals surface area (Å²) in [5.41, 5.74) is 9.18. The van der Waals surface area contributed by atoms with E-state index in [0.717, 1.165) is 17.7 Å². The second-order valence-electron chi connectivity index (χ2n) is 4.41. The van der Waals surface area contributed by atoms with Crippen LogP contribution in [0.5, 0.6) is 0 Å². The summed E-state index contributed by atoms with van der Waals surface area (Å²) in [7, 11) is 0. The van der Waals surface area contributed by atoms with Crippen molar-refractivity contribution < 1.29 is 4.79 Å². The number of benzene rings is 2. The first-order valence-electron chi connectivity index (χ1n) is 6.42. The van der Waals surface area contributed by atoms with Crippen molar-refractivity contribution in [2.75, 3.05) is 5.32 Å². The van der Waals surface area contributed by atoms with E-state index < -0.39 is 0 Å². The van der Waals surface area contributed by atoms with Crippen LogP contribution in [0.2, 0.25) is 0 Å². The smallest absolute Gasteiger partial charge is 0.255 e. The zero-order valence-corrected chi connectivity index (χ0v) is 11.0. The van der Waals surface area contributed by atoms with Crippen molar-refractivity contribution in [2.45, 2.75) is 19.9 Å². The average molecular weight is 254 g/mol. The summed E-state index contributed by atoms with van der Waals surface area (Å²) in [5, 5.41) is 2.90. The number of rotatable bonds is 4. The van der Waals surface area contributed by atoms with E-state index in [-0.39, 0.29) is 5.91 Å². The monoisotopic (exact) mass is 254 g/mol. The van der Waals surface area contributed by atoms with Gasteiger partial charge in [0.2, 0.25) is 0 Å². The summed E-state index contributed by atoms with van der Waals surface area (Å²) < 4.78 is 0. The Labute approximate surface area is 113 Å². The number of amides is 1. The second-order valence-corrected chi connectivity index (χ2v) is 4.41. The number of hydrogen-bond acceptors (Lipinski definition) is 2. The fraction of sp³-hybridized carbons (Fsp3) is 0.188. The molecule has 2 aromatic rings. The summed E-state index contributed by atoms with van der Waals surface area (Å²) >= 11 is 0. The number of nitrogens with one attached hydrogen (secondary N) is 1. The molecule has 0 aliphatic carbocycles. The van der Waals surface area contributed by atoms with Crippen LogP contribution >= 0.6 is 0 Å². The van der Waals surface area contributed by atoms with Gasteiger partial charge < -0.3 is 11.1 Å². The molecule has 19 heavy (non-hydrogen) atoms. The first-order chi connectivity index (χ1) is 9.22. The van der Waals surface area contributed by atoms with Gasteiger partial charge in [0.1, 0.15) is 0 Å². The highest BCUT2D eigenvalue weighted by Crippen LogP contribution is 2.13. The topological polar surface area (TPSA) is 55.1 Å². The van der Waals surface area contributed by atoms with E-state index in [4.69, 9.17) is 5.73 Å². The molecule has 0 unspecified atom stereocenters. The zero-order valence-electron chi connectivity index (χ0n) is 11.0. The standard InChI is InChI=1S/C16H18N2O/c1-2-12-5-4-8-15(10-12)18-16(19)14-7-3-6-13(9-14)11-17/h3-10H,2,11,17H2,1H3,(H,18,19). The van der Waals surface area contributed by atoms with Gasteiger partial charge in [0.15, 0.2) is 0 Å². The molecule has 0 aromatic heterocycles. The molecule has 0 atom stereocenters. The lowest BCUT2D eigenvalue weighted by Gasteiger charge is -2.07. The van der Waals surface area contributed by atoms with Gasteiger partial charge in [-0.05, 0) is 41.8 Å². The maximum atomic E-state index is 12.1. The van der Waals surface area contributed by atoms with Gasteiger partial charge >= 0.3 is 0 Å². The highest BCUT2D eigenvalue weighted by Gasteiger charge is 2.06. The number of nitrogens with two attached hydrogens (primary N) is 1. The Bertz CT molecular complexity index is 578. The predicted molar refractivity (Wildman–Crippen MR) is 78.1 cm³/mol. The van der Waals surface area contributed by atoms with Crippen LogP contribution in [0.1, 0.15) is 28.4 Å². The molecule has 0 fully saturated rings. The summed E-state index contributed by atoms with van der Waals surface area (Å²) in [6, 6.07) is 15.2. The minimum atomic E-state index is -0.108. The van der Waals surface area contributed by atoms with E-state index in [2.05, 4.69) is 12.2 Å². The Hall–Kier alpha value is -2.13. The van der Waals surface area contributed by atoms with Crippen molar-refractivity contribution in [3.63, 3.8) is 0 Å². The Morgan fingerprint density at radius 1 is 1.11 bits per heavy atom. The van der Waals surface area contributed by atoms with Crippen LogP contribution in [0.15, 0.2) is 48.5 Å². The third-order valence-corrected chi connectivity index (χ3v) is 3.02. The van der Waals surface area contributed by atoms with Crippen LogP contribution in [-0.2, 0) is 13.0 Å². The molecule has 0 heterocycles. The van der Waals surface area contributed by atoms with Gasteiger partial charge in [0.05, 0.1) is 0 Å². The molecule has 3 heteroatoms. The molecular formula is C16H18N2O. The van der Waals surface area contributed by atoms with Gasteiger partial charge in [0.25, 0.3) is 5.91 Å². The first kappa shape index (κ1) is 13.3. The van der Waals surface area contributed by atoms with Gasteiger partial charge in [-0.15, -0.1) is 0 Å². The maximum absolute atomic E-state index is 12.1. The van der Waals surface area contributed by atoms with E-state index in [0.29, 0.717) is 12.1 Å². The van der Waals surface area contributed by atoms with Gasteiger partial charge in [-0.1, -0.05) is 31.2 Å². The van der Waals surface area contributed by atoms with Crippen molar-refractivity contribution >= 4 is 11.6 Å². The minimum absolute atomic E-state index is 0.108. The molecule has 3 nitrogen and oxygen atoms in total. The molecular weight excluding hydrogens is 236 g/mol. The maximum Gasteiger partial charge on any atom is 0.255 e. The lowest BCUT2D eigenvalue weighted by molar-refractivity contribution is 0.102. The lowest BCUT2D eigenvalue weighted by atomic mass is 10.1.